The van der Waals surface area contributed by atoms with Crippen molar-refractivity contribution in [3.05, 3.63) is 84.1 Å². The Hall–Kier alpha value is -4.00. The lowest BCUT2D eigenvalue weighted by Gasteiger charge is -2.29. The molecule has 0 saturated carbocycles. The summed E-state index contributed by atoms with van der Waals surface area (Å²) in [6.07, 6.45) is 8.76. The number of carbonyl (C=O) groups is 2. The zero-order valence-corrected chi connectivity index (χ0v) is 17.8. The van der Waals surface area contributed by atoms with E-state index in [2.05, 4.69) is 21.4 Å². The fourth-order valence-corrected chi connectivity index (χ4v) is 4.28. The normalized spacial score (nSPS) is 13.1. The van der Waals surface area contributed by atoms with Crippen LogP contribution >= 0.6 is 0 Å². The molecule has 0 aliphatic carbocycles. The van der Waals surface area contributed by atoms with E-state index in [1.165, 1.54) is 0 Å². The number of fused-ring (bicyclic) bond motifs is 2. The number of nitrogens with one attached hydrogen (secondary N) is 1. The first-order valence-electron chi connectivity index (χ1n) is 10.6. The molecule has 0 spiro atoms. The molecule has 0 bridgehead atoms. The molecule has 160 valence electrons. The molecular weight excluding hydrogens is 402 g/mol. The van der Waals surface area contributed by atoms with Gasteiger partial charge in [0.25, 0.3) is 5.91 Å². The molecule has 1 aromatic carbocycles. The van der Waals surface area contributed by atoms with Crippen LogP contribution in [0.25, 0.3) is 10.9 Å². The Labute approximate surface area is 185 Å². The minimum absolute atomic E-state index is 0.00826. The van der Waals surface area contributed by atoms with Gasteiger partial charge >= 0.3 is 0 Å². The van der Waals surface area contributed by atoms with Crippen LogP contribution in [0.2, 0.25) is 0 Å². The summed E-state index contributed by atoms with van der Waals surface area (Å²) < 4.78 is 2.05. The van der Waals surface area contributed by atoms with Gasteiger partial charge in [-0.3, -0.25) is 19.6 Å². The zero-order chi connectivity index (χ0) is 22.1. The van der Waals surface area contributed by atoms with Crippen LogP contribution in [-0.4, -0.2) is 32.9 Å². The number of benzene rings is 1. The quantitative estimate of drug-likeness (QED) is 0.540. The van der Waals surface area contributed by atoms with Gasteiger partial charge in [-0.1, -0.05) is 18.2 Å². The van der Waals surface area contributed by atoms with Gasteiger partial charge in [0.15, 0.2) is 0 Å². The van der Waals surface area contributed by atoms with Gasteiger partial charge in [0.2, 0.25) is 5.91 Å². The summed E-state index contributed by atoms with van der Waals surface area (Å²) in [6.45, 7) is 0.617. The third kappa shape index (κ3) is 3.73. The number of hydrogen-bond acceptors (Lipinski definition) is 4. The first kappa shape index (κ1) is 19.9. The summed E-state index contributed by atoms with van der Waals surface area (Å²) in [7, 11) is 1.99. The maximum Gasteiger partial charge on any atom is 0.257 e. The predicted molar refractivity (Wildman–Crippen MR) is 124 cm³/mol. The molecule has 5 rings (SSSR count). The average molecular weight is 425 g/mol. The molecule has 7 nitrogen and oxygen atoms in total. The summed E-state index contributed by atoms with van der Waals surface area (Å²) in [5, 5.41) is 3.91. The van der Waals surface area contributed by atoms with Crippen molar-refractivity contribution < 1.29 is 9.59 Å². The summed E-state index contributed by atoms with van der Waals surface area (Å²) in [5.41, 5.74) is 4.70. The van der Waals surface area contributed by atoms with Gasteiger partial charge < -0.3 is 14.8 Å². The molecule has 32 heavy (non-hydrogen) atoms. The molecule has 1 aliphatic rings. The Morgan fingerprint density at radius 1 is 1.12 bits per heavy atom. The number of aryl methyl sites for hydroxylation is 2. The van der Waals surface area contributed by atoms with Crippen LogP contribution in [0.15, 0.2) is 67.3 Å². The number of anilines is 2. The first-order valence-corrected chi connectivity index (χ1v) is 10.6. The SMILES string of the molecule is Cn1cc(CC(=O)N2CCCc3ncc(C(=O)Nc4cccnc4)cc32)c2ccccc21. The van der Waals surface area contributed by atoms with E-state index >= 15 is 0 Å². The Morgan fingerprint density at radius 2 is 2.00 bits per heavy atom. The fraction of sp³-hybridized carbons (Fsp3) is 0.200. The lowest BCUT2D eigenvalue weighted by Crippen LogP contribution is -2.37. The van der Waals surface area contributed by atoms with E-state index in [-0.39, 0.29) is 11.8 Å². The van der Waals surface area contributed by atoms with Gasteiger partial charge in [0, 0.05) is 43.1 Å². The molecule has 0 radical (unpaired) electrons. The Balaban J connectivity index is 1.41. The van der Waals surface area contributed by atoms with Gasteiger partial charge in [-0.2, -0.15) is 0 Å². The molecule has 7 heteroatoms. The molecule has 1 aliphatic heterocycles. The first-order chi connectivity index (χ1) is 15.6. The number of amides is 2. The molecule has 0 fully saturated rings. The predicted octanol–water partition coefficient (Wildman–Crippen LogP) is 3.74. The van der Waals surface area contributed by atoms with E-state index in [1.54, 1.807) is 41.7 Å². The number of pyridine rings is 2. The lowest BCUT2D eigenvalue weighted by molar-refractivity contribution is -0.118. The van der Waals surface area contributed by atoms with Crippen molar-refractivity contribution >= 4 is 34.1 Å². The molecule has 2 amide bonds. The van der Waals surface area contributed by atoms with Crippen molar-refractivity contribution in [3.63, 3.8) is 0 Å². The van der Waals surface area contributed by atoms with Crippen molar-refractivity contribution in [1.29, 1.82) is 0 Å². The van der Waals surface area contributed by atoms with Crippen molar-refractivity contribution in [2.45, 2.75) is 19.3 Å². The third-order valence-corrected chi connectivity index (χ3v) is 5.84. The van der Waals surface area contributed by atoms with E-state index in [1.807, 2.05) is 36.0 Å². The topological polar surface area (TPSA) is 80.1 Å². The molecule has 0 saturated heterocycles. The van der Waals surface area contributed by atoms with Gasteiger partial charge in [0.05, 0.1) is 35.2 Å². The molecule has 3 aromatic heterocycles. The minimum atomic E-state index is -0.277. The Kier molecular flexibility index (Phi) is 5.15. The van der Waals surface area contributed by atoms with E-state index in [4.69, 9.17) is 0 Å². The molecule has 4 aromatic rings. The molecule has 0 atom stereocenters. The van der Waals surface area contributed by atoms with E-state index in [0.717, 1.165) is 40.7 Å². The summed E-state index contributed by atoms with van der Waals surface area (Å²) >= 11 is 0. The zero-order valence-electron chi connectivity index (χ0n) is 17.8. The number of rotatable bonds is 4. The second-order valence-electron chi connectivity index (χ2n) is 7.99. The maximum atomic E-state index is 13.3. The standard InChI is InChI=1S/C25H23N5O2/c1-29-16-18(20-7-2-3-9-22(20)29)13-24(31)30-11-5-8-21-23(30)12-17(14-27-21)25(32)28-19-6-4-10-26-15-19/h2-4,6-7,9-10,12,14-16H,5,8,11,13H2,1H3,(H,28,32). The van der Waals surface area contributed by atoms with Crippen LogP contribution in [0.3, 0.4) is 0 Å². The highest BCUT2D eigenvalue weighted by Crippen LogP contribution is 2.29. The van der Waals surface area contributed by atoms with Crippen molar-refractivity contribution in [2.24, 2.45) is 7.05 Å². The van der Waals surface area contributed by atoms with Crippen LogP contribution in [0.1, 0.15) is 28.0 Å². The fourth-order valence-electron chi connectivity index (χ4n) is 4.28. The molecule has 1 N–H and O–H groups in total. The van der Waals surface area contributed by atoms with Crippen LogP contribution in [0.4, 0.5) is 11.4 Å². The van der Waals surface area contributed by atoms with Crippen molar-refractivity contribution in [1.82, 2.24) is 14.5 Å². The highest BCUT2D eigenvalue weighted by Gasteiger charge is 2.25. The number of carbonyl (C=O) groups excluding carboxylic acids is 2. The number of nitrogens with zero attached hydrogens (tertiary/aromatic N) is 4. The minimum Gasteiger partial charge on any atom is -0.350 e. The van der Waals surface area contributed by atoms with Crippen molar-refractivity contribution in [2.75, 3.05) is 16.8 Å². The van der Waals surface area contributed by atoms with Gasteiger partial charge in [0.1, 0.15) is 0 Å². The molecular formula is C25H23N5O2. The average Bonchev–Trinajstić information content (AvgIpc) is 3.14. The second-order valence-corrected chi connectivity index (χ2v) is 7.99. The second kappa shape index (κ2) is 8.26. The van der Waals surface area contributed by atoms with Crippen LogP contribution in [-0.2, 0) is 24.7 Å². The monoisotopic (exact) mass is 425 g/mol. The highest BCUT2D eigenvalue weighted by atomic mass is 16.2. The smallest absolute Gasteiger partial charge is 0.257 e. The van der Waals surface area contributed by atoms with E-state index < -0.39 is 0 Å². The van der Waals surface area contributed by atoms with E-state index in [9.17, 15) is 9.59 Å². The van der Waals surface area contributed by atoms with Crippen molar-refractivity contribution in [3.8, 4) is 0 Å². The highest BCUT2D eigenvalue weighted by molar-refractivity contribution is 6.05. The number of para-hydroxylation sites is 1. The van der Waals surface area contributed by atoms with E-state index in [0.29, 0.717) is 24.2 Å². The van der Waals surface area contributed by atoms with Crippen LogP contribution in [0, 0.1) is 0 Å². The van der Waals surface area contributed by atoms with Crippen LogP contribution in [0.5, 0.6) is 0 Å². The summed E-state index contributed by atoms with van der Waals surface area (Å²) in [4.78, 5) is 36.4. The summed E-state index contributed by atoms with van der Waals surface area (Å²) in [6, 6.07) is 13.4. The Morgan fingerprint density at radius 3 is 2.84 bits per heavy atom. The molecule has 4 heterocycles. The van der Waals surface area contributed by atoms with Gasteiger partial charge in [-0.25, -0.2) is 0 Å². The van der Waals surface area contributed by atoms with Crippen LogP contribution < -0.4 is 10.2 Å². The summed E-state index contributed by atoms with van der Waals surface area (Å²) in [5.74, 6) is -0.269. The Bertz CT molecular complexity index is 1310. The maximum absolute atomic E-state index is 13.3. The van der Waals surface area contributed by atoms with Gasteiger partial charge in [-0.15, -0.1) is 0 Å². The third-order valence-electron chi connectivity index (χ3n) is 5.84. The lowest BCUT2D eigenvalue weighted by atomic mass is 10.0. The van der Waals surface area contributed by atoms with Gasteiger partial charge in [-0.05, 0) is 42.7 Å². The molecule has 0 unspecified atom stereocenters. The number of hydrogen-bond donors (Lipinski definition) is 1. The number of aromatic nitrogens is 3. The largest absolute Gasteiger partial charge is 0.350 e.